The molecule has 0 unspecified atom stereocenters. The maximum atomic E-state index is 13.0. The van der Waals surface area contributed by atoms with Gasteiger partial charge in [-0.15, -0.1) is 0 Å². The second kappa shape index (κ2) is 7.59. The van der Waals surface area contributed by atoms with E-state index in [1.807, 2.05) is 54.6 Å². The first-order chi connectivity index (χ1) is 14.0. The van der Waals surface area contributed by atoms with Crippen molar-refractivity contribution in [2.45, 2.75) is 25.2 Å². The van der Waals surface area contributed by atoms with Crippen LogP contribution in [0.1, 0.15) is 57.2 Å². The number of aromatic amines is 1. The topological polar surface area (TPSA) is 68.4 Å². The number of ether oxygens (including phenoxy) is 2. The van der Waals surface area contributed by atoms with Gasteiger partial charge in [-0.1, -0.05) is 37.3 Å². The number of aromatic nitrogens is 1. The standard InChI is InChI=1S/C24H23NO4/c1-14-18(15-7-5-4-6-8-15)13-19(26)23-20(14)21(24(27)29-3)22(25-23)16-9-11-17(28-2)12-10-16/h4-12,14,18,25H,13H2,1-3H3/t14-,18+/m0/s1. The lowest BCUT2D eigenvalue weighted by atomic mass is 9.73. The molecule has 1 aliphatic rings. The second-order valence-electron chi connectivity index (χ2n) is 7.32. The Kier molecular flexibility index (Phi) is 4.97. The number of Topliss-reactive ketones (excluding diaryl/α,β-unsaturated/α-hetero) is 1. The fraction of sp³-hybridized carbons (Fsp3) is 0.250. The fourth-order valence-electron chi connectivity index (χ4n) is 4.26. The number of benzene rings is 2. The third-order valence-electron chi connectivity index (χ3n) is 5.78. The van der Waals surface area contributed by atoms with E-state index in [4.69, 9.17) is 9.47 Å². The Hall–Kier alpha value is -3.34. The first-order valence-corrected chi connectivity index (χ1v) is 9.61. The summed E-state index contributed by atoms with van der Waals surface area (Å²) < 4.78 is 10.3. The SMILES string of the molecule is COC(=O)c1c(-c2ccc(OC)cc2)[nH]c2c1[C@@H](C)[C@H](c1ccccc1)CC2=O. The van der Waals surface area contributed by atoms with Crippen LogP contribution in [-0.2, 0) is 4.74 Å². The molecule has 0 saturated carbocycles. The van der Waals surface area contributed by atoms with Crippen LogP contribution in [0.3, 0.4) is 0 Å². The number of hydrogen-bond donors (Lipinski definition) is 1. The molecule has 0 bridgehead atoms. The molecule has 2 aromatic carbocycles. The lowest BCUT2D eigenvalue weighted by Gasteiger charge is -2.29. The molecule has 5 nitrogen and oxygen atoms in total. The minimum absolute atomic E-state index is 0.0110. The minimum Gasteiger partial charge on any atom is -0.497 e. The summed E-state index contributed by atoms with van der Waals surface area (Å²) in [5, 5.41) is 0. The number of carbonyl (C=O) groups is 2. The van der Waals surface area contributed by atoms with E-state index in [2.05, 4.69) is 11.9 Å². The minimum atomic E-state index is -0.443. The lowest BCUT2D eigenvalue weighted by molar-refractivity contribution is 0.0600. The highest BCUT2D eigenvalue weighted by atomic mass is 16.5. The van der Waals surface area contributed by atoms with Gasteiger partial charge in [-0.25, -0.2) is 4.79 Å². The smallest absolute Gasteiger partial charge is 0.340 e. The summed E-state index contributed by atoms with van der Waals surface area (Å²) in [4.78, 5) is 29.0. The quantitative estimate of drug-likeness (QED) is 0.641. The molecule has 1 heterocycles. The molecule has 0 saturated heterocycles. The normalized spacial score (nSPS) is 18.2. The van der Waals surface area contributed by atoms with Gasteiger partial charge in [-0.05, 0) is 52.8 Å². The number of carbonyl (C=O) groups excluding carboxylic acids is 2. The van der Waals surface area contributed by atoms with Gasteiger partial charge in [0.05, 0.1) is 31.2 Å². The molecule has 3 aromatic rings. The summed E-state index contributed by atoms with van der Waals surface area (Å²) in [5.74, 6) is 0.290. The molecule has 1 aliphatic carbocycles. The summed E-state index contributed by atoms with van der Waals surface area (Å²) in [7, 11) is 2.97. The third-order valence-corrected chi connectivity index (χ3v) is 5.78. The van der Waals surface area contributed by atoms with Gasteiger partial charge in [0.15, 0.2) is 5.78 Å². The maximum Gasteiger partial charge on any atom is 0.340 e. The summed E-state index contributed by atoms with van der Waals surface area (Å²) in [5.41, 5.74) is 4.20. The van der Waals surface area contributed by atoms with Gasteiger partial charge in [0, 0.05) is 6.42 Å². The lowest BCUT2D eigenvalue weighted by Crippen LogP contribution is -2.23. The Labute approximate surface area is 169 Å². The Balaban J connectivity index is 1.88. The zero-order chi connectivity index (χ0) is 20.5. The van der Waals surface area contributed by atoms with E-state index < -0.39 is 5.97 Å². The van der Waals surface area contributed by atoms with E-state index in [-0.39, 0.29) is 17.6 Å². The van der Waals surface area contributed by atoms with Crippen LogP contribution < -0.4 is 4.74 Å². The van der Waals surface area contributed by atoms with Gasteiger partial charge < -0.3 is 14.5 Å². The number of fused-ring (bicyclic) bond motifs is 1. The highest BCUT2D eigenvalue weighted by Crippen LogP contribution is 2.46. The summed E-state index contributed by atoms with van der Waals surface area (Å²) in [6.45, 7) is 2.07. The van der Waals surface area contributed by atoms with Crippen molar-refractivity contribution in [3.63, 3.8) is 0 Å². The number of hydrogen-bond acceptors (Lipinski definition) is 4. The molecule has 0 radical (unpaired) electrons. The van der Waals surface area contributed by atoms with Crippen LogP contribution in [0.25, 0.3) is 11.3 Å². The van der Waals surface area contributed by atoms with E-state index in [0.717, 1.165) is 22.4 Å². The molecule has 1 N–H and O–H groups in total. The van der Waals surface area contributed by atoms with Gasteiger partial charge in [-0.2, -0.15) is 0 Å². The molecule has 5 heteroatoms. The predicted molar refractivity (Wildman–Crippen MR) is 111 cm³/mol. The van der Waals surface area contributed by atoms with Crippen molar-refractivity contribution in [3.8, 4) is 17.0 Å². The second-order valence-corrected chi connectivity index (χ2v) is 7.32. The van der Waals surface area contributed by atoms with E-state index >= 15 is 0 Å². The summed E-state index contributed by atoms with van der Waals surface area (Å²) >= 11 is 0. The van der Waals surface area contributed by atoms with Gasteiger partial charge in [0.2, 0.25) is 0 Å². The van der Waals surface area contributed by atoms with E-state index in [1.165, 1.54) is 7.11 Å². The van der Waals surface area contributed by atoms with Crippen molar-refractivity contribution >= 4 is 11.8 Å². The molecule has 4 rings (SSSR count). The van der Waals surface area contributed by atoms with Gasteiger partial charge in [0.25, 0.3) is 0 Å². The van der Waals surface area contributed by atoms with Crippen LogP contribution in [0.15, 0.2) is 54.6 Å². The molecule has 0 spiro atoms. The number of methoxy groups -OCH3 is 2. The number of rotatable bonds is 4. The van der Waals surface area contributed by atoms with Gasteiger partial charge in [0.1, 0.15) is 5.75 Å². The monoisotopic (exact) mass is 389 g/mol. The van der Waals surface area contributed by atoms with Gasteiger partial charge in [-0.3, -0.25) is 4.79 Å². The number of ketones is 1. The van der Waals surface area contributed by atoms with E-state index in [9.17, 15) is 9.59 Å². The first kappa shape index (κ1) is 19.0. The average molecular weight is 389 g/mol. The number of nitrogens with one attached hydrogen (secondary N) is 1. The molecule has 1 aromatic heterocycles. The number of H-pyrrole nitrogens is 1. The highest BCUT2D eigenvalue weighted by molar-refractivity contribution is 6.06. The third kappa shape index (κ3) is 3.23. The van der Waals surface area contributed by atoms with Crippen molar-refractivity contribution in [1.29, 1.82) is 0 Å². The molecule has 2 atom stereocenters. The van der Waals surface area contributed by atoms with Crippen LogP contribution in [0, 0.1) is 0 Å². The molecular weight excluding hydrogens is 366 g/mol. The zero-order valence-electron chi connectivity index (χ0n) is 16.7. The van der Waals surface area contributed by atoms with Crippen molar-refractivity contribution < 1.29 is 19.1 Å². The van der Waals surface area contributed by atoms with Crippen molar-refractivity contribution in [3.05, 3.63) is 77.0 Å². The predicted octanol–water partition coefficient (Wildman–Crippen LogP) is 4.95. The van der Waals surface area contributed by atoms with Crippen molar-refractivity contribution in [1.82, 2.24) is 4.98 Å². The van der Waals surface area contributed by atoms with Crippen molar-refractivity contribution in [2.24, 2.45) is 0 Å². The Morgan fingerprint density at radius 1 is 1.00 bits per heavy atom. The maximum absolute atomic E-state index is 13.0. The molecule has 0 amide bonds. The molecular formula is C24H23NO4. The number of esters is 1. The molecule has 0 fully saturated rings. The fourth-order valence-corrected chi connectivity index (χ4v) is 4.26. The Morgan fingerprint density at radius 2 is 1.69 bits per heavy atom. The van der Waals surface area contributed by atoms with Gasteiger partial charge >= 0.3 is 5.97 Å². The van der Waals surface area contributed by atoms with Crippen molar-refractivity contribution in [2.75, 3.05) is 14.2 Å². The van der Waals surface area contributed by atoms with Crippen LogP contribution in [0.5, 0.6) is 5.75 Å². The van der Waals surface area contributed by atoms with E-state index in [1.54, 1.807) is 7.11 Å². The van der Waals surface area contributed by atoms with Crippen LogP contribution in [0.4, 0.5) is 0 Å². The first-order valence-electron chi connectivity index (χ1n) is 9.61. The Bertz CT molecular complexity index is 1050. The van der Waals surface area contributed by atoms with E-state index in [0.29, 0.717) is 23.4 Å². The molecule has 148 valence electrons. The zero-order valence-corrected chi connectivity index (χ0v) is 16.7. The van der Waals surface area contributed by atoms with Crippen LogP contribution >= 0.6 is 0 Å². The molecule has 0 aliphatic heterocycles. The largest absolute Gasteiger partial charge is 0.497 e. The highest BCUT2D eigenvalue weighted by Gasteiger charge is 2.39. The van der Waals surface area contributed by atoms with Crippen LogP contribution in [0.2, 0.25) is 0 Å². The molecule has 29 heavy (non-hydrogen) atoms. The Morgan fingerprint density at radius 3 is 2.31 bits per heavy atom. The summed E-state index contributed by atoms with van der Waals surface area (Å²) in [6.07, 6.45) is 0.404. The van der Waals surface area contributed by atoms with Crippen LogP contribution in [-0.4, -0.2) is 31.0 Å². The average Bonchev–Trinajstić information content (AvgIpc) is 3.18. The summed E-state index contributed by atoms with van der Waals surface area (Å²) in [6, 6.07) is 17.4.